The molecule has 14 heteroatoms. The van der Waals surface area contributed by atoms with Gasteiger partial charge in [-0.05, 0) is 57.8 Å². The number of aliphatic hydroxyl groups excluding tert-OH is 8. The molecule has 2 rings (SSSR count). The van der Waals surface area contributed by atoms with Crippen LogP contribution in [0.3, 0.4) is 0 Å². The summed E-state index contributed by atoms with van der Waals surface area (Å²) in [6.45, 7) is 2.72. The zero-order valence-corrected chi connectivity index (χ0v) is 54.6. The molecule has 12 atom stereocenters. The van der Waals surface area contributed by atoms with E-state index < -0.39 is 86.8 Å². The molecule has 1 amide bonds. The minimum absolute atomic E-state index is 0.240. The van der Waals surface area contributed by atoms with Gasteiger partial charge in [-0.25, -0.2) is 0 Å². The van der Waals surface area contributed by atoms with Crippen LogP contribution in [0.1, 0.15) is 296 Å². The largest absolute Gasteiger partial charge is 0.394 e. The second kappa shape index (κ2) is 56.7. The Bertz CT molecular complexity index is 1670. The van der Waals surface area contributed by atoms with E-state index in [1.54, 1.807) is 6.08 Å². The van der Waals surface area contributed by atoms with Gasteiger partial charge < -0.3 is 65.1 Å². The van der Waals surface area contributed by atoms with E-state index in [0.29, 0.717) is 6.42 Å². The van der Waals surface area contributed by atoms with Crippen LogP contribution in [0.25, 0.3) is 0 Å². The van der Waals surface area contributed by atoms with Crippen molar-refractivity contribution in [1.29, 1.82) is 0 Å². The summed E-state index contributed by atoms with van der Waals surface area (Å²) < 4.78 is 22.9. The van der Waals surface area contributed by atoms with Gasteiger partial charge >= 0.3 is 0 Å². The summed E-state index contributed by atoms with van der Waals surface area (Å²) in [6.07, 6.45) is 58.4. The second-order valence-corrected chi connectivity index (χ2v) is 25.0. The van der Waals surface area contributed by atoms with Crippen LogP contribution in [0.4, 0.5) is 0 Å². The molecule has 0 spiro atoms. The molecule has 0 aromatic heterocycles. The zero-order valence-electron chi connectivity index (χ0n) is 54.6. The van der Waals surface area contributed by atoms with Crippen molar-refractivity contribution in [1.82, 2.24) is 5.32 Å². The summed E-state index contributed by atoms with van der Waals surface area (Å²) in [7, 11) is 0. The van der Waals surface area contributed by atoms with E-state index in [9.17, 15) is 45.6 Å². The average molecular weight is 1220 g/mol. The van der Waals surface area contributed by atoms with Gasteiger partial charge in [-0.15, -0.1) is 0 Å². The van der Waals surface area contributed by atoms with Crippen LogP contribution >= 0.6 is 0 Å². The molecule has 9 N–H and O–H groups in total. The Kier molecular flexibility index (Phi) is 52.6. The van der Waals surface area contributed by atoms with Crippen molar-refractivity contribution in [2.24, 2.45) is 0 Å². The summed E-state index contributed by atoms with van der Waals surface area (Å²) in [5.41, 5.74) is 0. The minimum Gasteiger partial charge on any atom is -0.394 e. The second-order valence-electron chi connectivity index (χ2n) is 25.0. The Labute approximate surface area is 524 Å². The molecule has 12 unspecified atom stereocenters. The van der Waals surface area contributed by atoms with Gasteiger partial charge in [0.2, 0.25) is 5.91 Å². The van der Waals surface area contributed by atoms with Gasteiger partial charge in [-0.3, -0.25) is 4.79 Å². The normalized spacial score (nSPS) is 23.7. The first-order valence-corrected chi connectivity index (χ1v) is 35.5. The van der Waals surface area contributed by atoms with Gasteiger partial charge in [0.25, 0.3) is 0 Å². The first kappa shape index (κ1) is 79.8. The van der Waals surface area contributed by atoms with Crippen molar-refractivity contribution in [3.05, 3.63) is 60.8 Å². The number of hydrogen-bond acceptors (Lipinski definition) is 13. The molecular formula is C72H131NO13. The monoisotopic (exact) mass is 1220 g/mol. The zero-order chi connectivity index (χ0) is 62.3. The van der Waals surface area contributed by atoms with E-state index in [2.05, 4.69) is 67.8 Å². The smallest absolute Gasteiger partial charge is 0.220 e. The molecule has 0 aromatic carbocycles. The number of carbonyl (C=O) groups is 1. The van der Waals surface area contributed by atoms with Crippen LogP contribution in [0, 0.1) is 0 Å². The number of nitrogens with one attached hydrogen (secondary N) is 1. The van der Waals surface area contributed by atoms with E-state index in [-0.39, 0.29) is 18.9 Å². The van der Waals surface area contributed by atoms with Crippen molar-refractivity contribution in [3.8, 4) is 0 Å². The summed E-state index contributed by atoms with van der Waals surface area (Å²) in [4.78, 5) is 13.3. The Morgan fingerprint density at radius 3 is 1.23 bits per heavy atom. The van der Waals surface area contributed by atoms with Crippen LogP contribution in [0.2, 0.25) is 0 Å². The van der Waals surface area contributed by atoms with Crippen LogP contribution in [-0.2, 0) is 23.7 Å². The van der Waals surface area contributed by atoms with Gasteiger partial charge in [-0.1, -0.05) is 293 Å². The lowest BCUT2D eigenvalue weighted by atomic mass is 9.97. The first-order valence-electron chi connectivity index (χ1n) is 35.5. The summed E-state index contributed by atoms with van der Waals surface area (Å²) >= 11 is 0. The maximum atomic E-state index is 13.3. The average Bonchev–Trinajstić information content (AvgIpc) is 2.54. The SMILES string of the molecule is CC/C=C\C/C=C\C/C=C\C/C=C\CCCCCCCCCCCCCCC(=O)NC(COC1OC(CO)C(OC2OC(CO)C(O)C(O)C2O)C(O)C1O)C(O)/C=C/CCCCCCCCCCCCCCCCCCCCCCCCCCC. The van der Waals surface area contributed by atoms with Crippen molar-refractivity contribution in [3.63, 3.8) is 0 Å². The molecule has 0 saturated carbocycles. The highest BCUT2D eigenvalue weighted by atomic mass is 16.7. The van der Waals surface area contributed by atoms with Crippen molar-refractivity contribution < 1.29 is 64.6 Å². The van der Waals surface area contributed by atoms with Crippen LogP contribution in [0.15, 0.2) is 60.8 Å². The lowest BCUT2D eigenvalue weighted by Gasteiger charge is -2.46. The summed E-state index contributed by atoms with van der Waals surface area (Å²) in [6, 6.07) is -0.920. The molecule has 502 valence electrons. The van der Waals surface area contributed by atoms with Crippen LogP contribution in [0.5, 0.6) is 0 Å². The lowest BCUT2D eigenvalue weighted by molar-refractivity contribution is -0.359. The maximum Gasteiger partial charge on any atom is 0.220 e. The molecule has 0 aliphatic carbocycles. The predicted octanol–water partition coefficient (Wildman–Crippen LogP) is 14.5. The van der Waals surface area contributed by atoms with E-state index in [1.807, 2.05) is 6.08 Å². The molecule has 2 heterocycles. The van der Waals surface area contributed by atoms with Crippen LogP contribution in [-0.4, -0.2) is 140 Å². The number of amides is 1. The van der Waals surface area contributed by atoms with E-state index in [0.717, 1.165) is 70.6 Å². The quantitative estimate of drug-likeness (QED) is 0.0204. The number of aliphatic hydroxyl groups is 8. The molecular weight excluding hydrogens is 1090 g/mol. The summed E-state index contributed by atoms with van der Waals surface area (Å²) in [5.74, 6) is -0.240. The Hall–Kier alpha value is -2.31. The highest BCUT2D eigenvalue weighted by molar-refractivity contribution is 5.76. The number of unbranched alkanes of at least 4 members (excludes halogenated alkanes) is 37. The molecule has 0 aromatic rings. The number of hydrogen-bond donors (Lipinski definition) is 9. The fourth-order valence-corrected chi connectivity index (χ4v) is 11.6. The van der Waals surface area contributed by atoms with E-state index in [4.69, 9.17) is 18.9 Å². The molecule has 2 aliphatic heterocycles. The van der Waals surface area contributed by atoms with Crippen molar-refractivity contribution in [2.45, 2.75) is 370 Å². The van der Waals surface area contributed by atoms with E-state index >= 15 is 0 Å². The minimum atomic E-state index is -1.79. The molecule has 2 fully saturated rings. The topological polar surface area (TPSA) is 228 Å². The Balaban J connectivity index is 1.68. The lowest BCUT2D eigenvalue weighted by Crippen LogP contribution is -2.65. The van der Waals surface area contributed by atoms with E-state index in [1.165, 1.54) is 199 Å². The number of ether oxygens (including phenoxy) is 4. The third kappa shape index (κ3) is 40.4. The van der Waals surface area contributed by atoms with Gasteiger partial charge in [0, 0.05) is 6.42 Å². The van der Waals surface area contributed by atoms with Gasteiger partial charge in [0.05, 0.1) is 32.0 Å². The predicted molar refractivity (Wildman–Crippen MR) is 350 cm³/mol. The standard InChI is InChI=1S/C72H131NO13/c1-3-5-7-9-11-13-15-17-19-21-23-25-27-29-30-32-33-35-37-39-41-43-45-47-49-51-53-55-61(76)60(59-83-71-69(82)67(80)70(63(58-75)85-71)86-72-68(81)66(79)65(78)62(57-74)84-72)73-64(77)56-54-52-50-48-46-44-42-40-38-36-34-31-28-26-24-22-20-18-16-14-12-10-8-6-4-2/h6,8,12,14,18,20,24,26,53,55,60-63,65-72,74-76,78-82H,3-5,7,9-11,13,15-17,19,21-23,25,27-52,54,56-59H2,1-2H3,(H,73,77)/b8-6-,14-12-,20-18-,26-24-,55-53+. The molecule has 2 aliphatic rings. The molecule has 2 saturated heterocycles. The molecule has 0 bridgehead atoms. The van der Waals surface area contributed by atoms with Crippen molar-refractivity contribution >= 4 is 5.91 Å². The number of allylic oxidation sites excluding steroid dienone is 9. The first-order chi connectivity index (χ1) is 42.1. The molecule has 86 heavy (non-hydrogen) atoms. The van der Waals surface area contributed by atoms with Crippen molar-refractivity contribution in [2.75, 3.05) is 19.8 Å². The van der Waals surface area contributed by atoms with Gasteiger partial charge in [-0.2, -0.15) is 0 Å². The Morgan fingerprint density at radius 1 is 0.430 bits per heavy atom. The molecule has 14 nitrogen and oxygen atoms in total. The Morgan fingerprint density at radius 2 is 0.802 bits per heavy atom. The fourth-order valence-electron chi connectivity index (χ4n) is 11.6. The highest BCUT2D eigenvalue weighted by Gasteiger charge is 2.51. The van der Waals surface area contributed by atoms with Gasteiger partial charge in [0.15, 0.2) is 12.6 Å². The highest BCUT2D eigenvalue weighted by Crippen LogP contribution is 2.30. The van der Waals surface area contributed by atoms with Gasteiger partial charge in [0.1, 0.15) is 48.8 Å². The number of carbonyl (C=O) groups excluding carboxylic acids is 1. The third-order valence-corrected chi connectivity index (χ3v) is 17.2. The third-order valence-electron chi connectivity index (χ3n) is 17.2. The van der Waals surface area contributed by atoms with Crippen LogP contribution < -0.4 is 5.32 Å². The fraction of sp³-hybridized carbons (Fsp3) is 0.847. The number of rotatable bonds is 58. The summed E-state index contributed by atoms with van der Waals surface area (Å²) in [5, 5.41) is 87.5. The maximum absolute atomic E-state index is 13.3. The molecule has 0 radical (unpaired) electrons.